The molecule has 3 heteroatoms. The average Bonchev–Trinajstić information content (AvgIpc) is 2.94. The molecule has 3 nitrogen and oxygen atoms in total. The van der Waals surface area contributed by atoms with Crippen LogP contribution < -0.4 is 10.2 Å². The van der Waals surface area contributed by atoms with Crippen LogP contribution in [0.25, 0.3) is 0 Å². The van der Waals surface area contributed by atoms with Crippen molar-refractivity contribution < 1.29 is 4.79 Å². The number of rotatable bonds is 6. The molecular weight excluding hydrogens is 236 g/mol. The Morgan fingerprint density at radius 2 is 1.89 bits per heavy atom. The summed E-state index contributed by atoms with van der Waals surface area (Å²) in [5, 5.41) is 2.95. The van der Waals surface area contributed by atoms with E-state index in [4.69, 9.17) is 0 Å². The molecule has 1 aromatic rings. The van der Waals surface area contributed by atoms with Crippen LogP contribution in [0.5, 0.6) is 0 Å². The summed E-state index contributed by atoms with van der Waals surface area (Å²) < 4.78 is 0. The van der Waals surface area contributed by atoms with Crippen LogP contribution in [-0.4, -0.2) is 25.5 Å². The van der Waals surface area contributed by atoms with Gasteiger partial charge in [-0.15, -0.1) is 0 Å². The van der Waals surface area contributed by atoms with Gasteiger partial charge in [0.15, 0.2) is 0 Å². The van der Waals surface area contributed by atoms with Crippen LogP contribution in [0, 0.1) is 0 Å². The van der Waals surface area contributed by atoms with Gasteiger partial charge in [-0.3, -0.25) is 4.79 Å². The van der Waals surface area contributed by atoms with Crippen LogP contribution in [-0.2, 0) is 11.2 Å². The molecule has 0 saturated carbocycles. The lowest BCUT2D eigenvalue weighted by Crippen LogP contribution is -2.25. The molecule has 1 amide bonds. The Morgan fingerprint density at radius 1 is 1.21 bits per heavy atom. The first kappa shape index (κ1) is 13.9. The van der Waals surface area contributed by atoms with Gasteiger partial charge < -0.3 is 10.2 Å². The number of nitrogens with zero attached hydrogens (tertiary/aromatic N) is 1. The fraction of sp³-hybridized carbons (Fsp3) is 0.562. The molecule has 1 N–H and O–H groups in total. The van der Waals surface area contributed by atoms with E-state index in [0.717, 1.165) is 19.4 Å². The highest BCUT2D eigenvalue weighted by Crippen LogP contribution is 2.20. The molecule has 1 heterocycles. The van der Waals surface area contributed by atoms with E-state index >= 15 is 0 Å². The predicted octanol–water partition coefficient (Wildman–Crippen LogP) is 2.75. The fourth-order valence-electron chi connectivity index (χ4n) is 2.51. The Kier molecular flexibility index (Phi) is 5.25. The molecule has 1 fully saturated rings. The molecule has 0 bridgehead atoms. The van der Waals surface area contributed by atoms with Crippen molar-refractivity contribution in [2.24, 2.45) is 0 Å². The summed E-state index contributed by atoms with van der Waals surface area (Å²) in [4.78, 5) is 13.8. The van der Waals surface area contributed by atoms with Crippen molar-refractivity contribution in [3.63, 3.8) is 0 Å². The lowest BCUT2D eigenvalue weighted by molar-refractivity contribution is -0.121. The molecule has 0 atom stereocenters. The number of carbonyl (C=O) groups excluding carboxylic acids is 1. The van der Waals surface area contributed by atoms with Gasteiger partial charge in [0.05, 0.1) is 0 Å². The third-order valence-corrected chi connectivity index (χ3v) is 3.62. The molecule has 19 heavy (non-hydrogen) atoms. The SMILES string of the molecule is CCCC(=O)NCCc1ccc(N2CCCC2)cc1. The maximum atomic E-state index is 11.3. The number of hydrogen-bond donors (Lipinski definition) is 1. The molecule has 0 radical (unpaired) electrons. The second kappa shape index (κ2) is 7.17. The van der Waals surface area contributed by atoms with Gasteiger partial charge in [-0.1, -0.05) is 19.1 Å². The zero-order valence-electron chi connectivity index (χ0n) is 11.8. The molecule has 1 aliphatic rings. The van der Waals surface area contributed by atoms with E-state index < -0.39 is 0 Å². The van der Waals surface area contributed by atoms with Gasteiger partial charge in [-0.05, 0) is 43.4 Å². The number of benzene rings is 1. The smallest absolute Gasteiger partial charge is 0.219 e. The Bertz CT molecular complexity index is 394. The molecule has 1 aliphatic heterocycles. The lowest BCUT2D eigenvalue weighted by atomic mass is 10.1. The molecule has 0 aliphatic carbocycles. The Balaban J connectivity index is 1.77. The summed E-state index contributed by atoms with van der Waals surface area (Å²) in [6.07, 6.45) is 5.08. The summed E-state index contributed by atoms with van der Waals surface area (Å²) in [6.45, 7) is 5.14. The second-order valence-corrected chi connectivity index (χ2v) is 5.21. The molecule has 0 spiro atoms. The highest BCUT2D eigenvalue weighted by molar-refractivity contribution is 5.75. The summed E-state index contributed by atoms with van der Waals surface area (Å²) in [7, 11) is 0. The van der Waals surface area contributed by atoms with Crippen molar-refractivity contribution in [3.8, 4) is 0 Å². The summed E-state index contributed by atoms with van der Waals surface area (Å²) >= 11 is 0. The van der Waals surface area contributed by atoms with E-state index in [0.29, 0.717) is 6.42 Å². The van der Waals surface area contributed by atoms with E-state index in [9.17, 15) is 4.79 Å². The third-order valence-electron chi connectivity index (χ3n) is 3.62. The summed E-state index contributed by atoms with van der Waals surface area (Å²) in [6, 6.07) is 8.77. The summed E-state index contributed by atoms with van der Waals surface area (Å²) in [5.41, 5.74) is 2.62. The molecule has 2 rings (SSSR count). The number of nitrogens with one attached hydrogen (secondary N) is 1. The first-order chi connectivity index (χ1) is 9.29. The van der Waals surface area contributed by atoms with Crippen LogP contribution in [0.3, 0.4) is 0 Å². The Morgan fingerprint density at radius 3 is 2.53 bits per heavy atom. The largest absolute Gasteiger partial charge is 0.372 e. The highest BCUT2D eigenvalue weighted by atomic mass is 16.1. The fourth-order valence-corrected chi connectivity index (χ4v) is 2.51. The van der Waals surface area contributed by atoms with Crippen molar-refractivity contribution in [2.75, 3.05) is 24.5 Å². The molecule has 0 unspecified atom stereocenters. The van der Waals surface area contributed by atoms with Gasteiger partial charge >= 0.3 is 0 Å². The average molecular weight is 260 g/mol. The Hall–Kier alpha value is -1.51. The van der Waals surface area contributed by atoms with Crippen LogP contribution >= 0.6 is 0 Å². The quantitative estimate of drug-likeness (QED) is 0.853. The van der Waals surface area contributed by atoms with E-state index in [-0.39, 0.29) is 5.91 Å². The van der Waals surface area contributed by atoms with Crippen molar-refractivity contribution in [3.05, 3.63) is 29.8 Å². The molecule has 1 aromatic carbocycles. The first-order valence-electron chi connectivity index (χ1n) is 7.40. The van der Waals surface area contributed by atoms with Crippen LogP contribution in [0.2, 0.25) is 0 Å². The van der Waals surface area contributed by atoms with Gasteiger partial charge in [0, 0.05) is 31.7 Å². The Labute approximate surface area is 116 Å². The van der Waals surface area contributed by atoms with Gasteiger partial charge in [0.1, 0.15) is 0 Å². The van der Waals surface area contributed by atoms with E-state index in [2.05, 4.69) is 34.5 Å². The summed E-state index contributed by atoms with van der Waals surface area (Å²) in [5.74, 6) is 0.163. The zero-order chi connectivity index (χ0) is 13.5. The van der Waals surface area contributed by atoms with E-state index in [1.54, 1.807) is 0 Å². The van der Waals surface area contributed by atoms with Gasteiger partial charge in [-0.25, -0.2) is 0 Å². The number of amides is 1. The number of hydrogen-bond acceptors (Lipinski definition) is 2. The number of anilines is 1. The van der Waals surface area contributed by atoms with Crippen molar-refractivity contribution >= 4 is 11.6 Å². The van der Waals surface area contributed by atoms with Crippen molar-refractivity contribution in [2.45, 2.75) is 39.0 Å². The van der Waals surface area contributed by atoms with Crippen LogP contribution in [0.1, 0.15) is 38.2 Å². The maximum absolute atomic E-state index is 11.3. The van der Waals surface area contributed by atoms with Crippen molar-refractivity contribution in [1.29, 1.82) is 0 Å². The molecule has 1 saturated heterocycles. The van der Waals surface area contributed by atoms with E-state index in [1.165, 1.54) is 37.2 Å². The topological polar surface area (TPSA) is 32.3 Å². The predicted molar refractivity (Wildman–Crippen MR) is 79.5 cm³/mol. The third kappa shape index (κ3) is 4.27. The molecular formula is C16H24N2O. The monoisotopic (exact) mass is 260 g/mol. The van der Waals surface area contributed by atoms with Crippen LogP contribution in [0.15, 0.2) is 24.3 Å². The van der Waals surface area contributed by atoms with E-state index in [1.807, 2.05) is 6.92 Å². The lowest BCUT2D eigenvalue weighted by Gasteiger charge is -2.17. The number of carbonyl (C=O) groups is 1. The van der Waals surface area contributed by atoms with Gasteiger partial charge in [-0.2, -0.15) is 0 Å². The minimum Gasteiger partial charge on any atom is -0.372 e. The standard InChI is InChI=1S/C16H24N2O/c1-2-5-16(19)17-11-10-14-6-8-15(9-7-14)18-12-3-4-13-18/h6-9H,2-5,10-13H2,1H3,(H,17,19). The molecule has 0 aromatic heterocycles. The minimum atomic E-state index is 0.163. The maximum Gasteiger partial charge on any atom is 0.219 e. The highest BCUT2D eigenvalue weighted by Gasteiger charge is 2.11. The van der Waals surface area contributed by atoms with Gasteiger partial charge in [0.25, 0.3) is 0 Å². The first-order valence-corrected chi connectivity index (χ1v) is 7.40. The normalized spacial score (nSPS) is 14.7. The minimum absolute atomic E-state index is 0.163. The van der Waals surface area contributed by atoms with Crippen molar-refractivity contribution in [1.82, 2.24) is 5.32 Å². The molecule has 104 valence electrons. The van der Waals surface area contributed by atoms with Crippen LogP contribution in [0.4, 0.5) is 5.69 Å². The van der Waals surface area contributed by atoms with Gasteiger partial charge in [0.2, 0.25) is 5.91 Å². The second-order valence-electron chi connectivity index (χ2n) is 5.21. The zero-order valence-corrected chi connectivity index (χ0v) is 11.8.